The van der Waals surface area contributed by atoms with Crippen LogP contribution in [-0.4, -0.2) is 105 Å². The van der Waals surface area contributed by atoms with Gasteiger partial charge in [0.05, 0.1) is 32.5 Å². The van der Waals surface area contributed by atoms with Crippen molar-refractivity contribution in [2.24, 2.45) is 11.8 Å². The molecule has 51 heavy (non-hydrogen) atoms. The molecule has 0 unspecified atom stereocenters. The van der Waals surface area contributed by atoms with Gasteiger partial charge in [-0.05, 0) is 63.2 Å². The molecule has 4 atom stereocenters. The average Bonchev–Trinajstić information content (AvgIpc) is 3.95. The smallest absolute Gasteiger partial charge is 0.407 e. The summed E-state index contributed by atoms with van der Waals surface area (Å²) in [5.74, 6) is 1.95. The van der Waals surface area contributed by atoms with E-state index in [1.54, 1.807) is 6.20 Å². The number of carbonyl (C=O) groups excluding carboxylic acids is 4. The maximum Gasteiger partial charge on any atom is 0.407 e. The van der Waals surface area contributed by atoms with Gasteiger partial charge < -0.3 is 50.5 Å². The molecule has 1 aliphatic carbocycles. The van der Waals surface area contributed by atoms with E-state index in [0.717, 1.165) is 74.5 Å². The van der Waals surface area contributed by atoms with Crippen LogP contribution in [0.3, 0.4) is 0 Å². The number of aromatic amines is 2. The second-order valence-electron chi connectivity index (χ2n) is 14.6. The van der Waals surface area contributed by atoms with Crippen molar-refractivity contribution in [3.05, 3.63) is 29.7 Å². The second-order valence-corrected chi connectivity index (χ2v) is 14.6. The van der Waals surface area contributed by atoms with Crippen LogP contribution in [0.15, 0.2) is 12.4 Å². The molecular formula is C35H56N10O6. The lowest BCUT2D eigenvalue weighted by Gasteiger charge is -2.30. The van der Waals surface area contributed by atoms with Crippen LogP contribution in [0.5, 0.6) is 0 Å². The maximum absolute atomic E-state index is 13.5. The molecule has 2 aliphatic heterocycles. The number of methoxy groups -OCH3 is 2. The summed E-state index contributed by atoms with van der Waals surface area (Å²) in [5.41, 5.74) is 0.975. The van der Waals surface area contributed by atoms with Gasteiger partial charge in [-0.1, -0.05) is 27.7 Å². The molecule has 2 saturated heterocycles. The van der Waals surface area contributed by atoms with E-state index in [2.05, 4.69) is 41.2 Å². The van der Waals surface area contributed by atoms with Crippen molar-refractivity contribution < 1.29 is 28.7 Å². The quantitative estimate of drug-likeness (QED) is 0.178. The molecule has 0 bridgehead atoms. The first-order valence-corrected chi connectivity index (χ1v) is 18.4. The summed E-state index contributed by atoms with van der Waals surface area (Å²) in [7, 11) is 2.59. The first-order chi connectivity index (χ1) is 24.5. The van der Waals surface area contributed by atoms with Crippen LogP contribution >= 0.6 is 0 Å². The summed E-state index contributed by atoms with van der Waals surface area (Å²) in [6.07, 6.45) is 9.82. The number of ether oxygens (including phenoxy) is 2. The van der Waals surface area contributed by atoms with E-state index in [1.807, 2.05) is 43.7 Å². The fourth-order valence-corrected chi connectivity index (χ4v) is 7.52. The van der Waals surface area contributed by atoms with Crippen LogP contribution in [0.4, 0.5) is 15.4 Å². The van der Waals surface area contributed by atoms with Crippen molar-refractivity contribution in [1.82, 2.24) is 45.7 Å². The molecule has 16 heteroatoms. The van der Waals surface area contributed by atoms with Gasteiger partial charge in [0.2, 0.25) is 11.8 Å². The molecule has 0 aromatic carbocycles. The Hall–Kier alpha value is -4.34. The Morgan fingerprint density at radius 1 is 0.745 bits per heavy atom. The summed E-state index contributed by atoms with van der Waals surface area (Å²) in [4.78, 5) is 70.5. The van der Waals surface area contributed by atoms with Crippen LogP contribution in [0.2, 0.25) is 0 Å². The van der Waals surface area contributed by atoms with Gasteiger partial charge in [0.1, 0.15) is 29.6 Å². The highest BCUT2D eigenvalue weighted by atomic mass is 16.5. The minimum Gasteiger partial charge on any atom is -0.453 e. The minimum absolute atomic E-state index is 0.0848. The number of nitrogens with one attached hydrogen (secondary N) is 6. The monoisotopic (exact) mass is 712 g/mol. The third kappa shape index (κ3) is 9.32. The molecule has 2 aromatic heterocycles. The van der Waals surface area contributed by atoms with Gasteiger partial charge in [-0.15, -0.1) is 0 Å². The minimum atomic E-state index is -0.668. The molecule has 16 nitrogen and oxygen atoms in total. The molecule has 0 radical (unpaired) electrons. The van der Waals surface area contributed by atoms with Gasteiger partial charge in [0, 0.05) is 43.6 Å². The highest BCUT2D eigenvalue weighted by molar-refractivity contribution is 5.87. The number of aromatic nitrogens is 4. The lowest BCUT2D eigenvalue weighted by atomic mass is 9.91. The molecule has 3 aliphatic rings. The number of hydrogen-bond acceptors (Lipinski definition) is 10. The molecule has 0 spiro atoms. The third-order valence-corrected chi connectivity index (χ3v) is 10.4. The summed E-state index contributed by atoms with van der Waals surface area (Å²) in [5, 5.41) is 12.7. The van der Waals surface area contributed by atoms with Gasteiger partial charge >= 0.3 is 12.2 Å². The largest absolute Gasteiger partial charge is 0.453 e. The Labute approximate surface area is 300 Å². The number of hydrogen-bond donors (Lipinski definition) is 6. The van der Waals surface area contributed by atoms with E-state index in [4.69, 9.17) is 9.47 Å². The SMILES string of the molecule is COC(=O)N[C@H](C(=O)N1CCC[C@H]1c1ncc(CNC2CCC(Nc3cnc([C@@H]4CCCN4C(=O)[C@@H](NC(=O)OC)C(C)C)[nH]3)CC2)[nH]1)C(C)C. The van der Waals surface area contributed by atoms with Crippen LogP contribution in [0.25, 0.3) is 0 Å². The van der Waals surface area contributed by atoms with Crippen molar-refractivity contribution >= 4 is 29.8 Å². The van der Waals surface area contributed by atoms with E-state index in [1.165, 1.54) is 14.2 Å². The summed E-state index contributed by atoms with van der Waals surface area (Å²) in [6.45, 7) is 9.52. The fraction of sp³-hybridized carbons (Fsp3) is 0.714. The van der Waals surface area contributed by atoms with E-state index in [9.17, 15) is 19.2 Å². The predicted octanol–water partition coefficient (Wildman–Crippen LogP) is 3.73. The lowest BCUT2D eigenvalue weighted by Crippen LogP contribution is -2.51. The zero-order valence-corrected chi connectivity index (χ0v) is 30.8. The highest BCUT2D eigenvalue weighted by Gasteiger charge is 2.39. The Morgan fingerprint density at radius 3 is 1.75 bits per heavy atom. The number of imidazole rings is 2. The van der Waals surface area contributed by atoms with Gasteiger partial charge in [-0.3, -0.25) is 9.59 Å². The number of amides is 4. The molecular weight excluding hydrogens is 656 g/mol. The highest BCUT2D eigenvalue weighted by Crippen LogP contribution is 2.33. The fourth-order valence-electron chi connectivity index (χ4n) is 7.52. The molecule has 5 rings (SSSR count). The normalized spacial score (nSPS) is 23.3. The number of rotatable bonds is 13. The Bertz CT molecular complexity index is 1480. The molecule has 3 fully saturated rings. The van der Waals surface area contributed by atoms with Crippen molar-refractivity contribution in [2.45, 2.75) is 122 Å². The summed E-state index contributed by atoms with van der Waals surface area (Å²) >= 11 is 0. The number of likely N-dealkylation sites (tertiary alicyclic amines) is 2. The zero-order valence-electron chi connectivity index (χ0n) is 30.8. The van der Waals surface area contributed by atoms with Crippen molar-refractivity contribution in [2.75, 3.05) is 32.6 Å². The zero-order chi connectivity index (χ0) is 36.7. The molecule has 4 amide bonds. The standard InChI is InChI=1S/C35H56N10O6/c1-20(2)28(42-34(48)50-5)32(46)44-15-7-9-25(44)30-37-18-24(40-30)17-36-22-11-13-23(14-12-22)39-27-19-38-31(41-27)26-10-8-16-45(26)33(47)29(21(3)4)43-35(49)51-6/h18-23,25-26,28-29,36,39H,7-17H2,1-6H3,(H,37,40)(H,38,41)(H,42,48)(H,43,49)/t22?,23?,25-,26-,28-,29-/m0/s1. The van der Waals surface area contributed by atoms with Crippen molar-refractivity contribution in [1.29, 1.82) is 0 Å². The van der Waals surface area contributed by atoms with Gasteiger partial charge in [0.15, 0.2) is 0 Å². The number of carbonyl (C=O) groups is 4. The summed E-state index contributed by atoms with van der Waals surface area (Å²) in [6, 6.07) is -0.982. The first-order valence-electron chi connectivity index (χ1n) is 18.4. The molecule has 1 saturated carbocycles. The average molecular weight is 713 g/mol. The number of H-pyrrole nitrogens is 2. The Balaban J connectivity index is 1.08. The van der Waals surface area contributed by atoms with E-state index >= 15 is 0 Å². The predicted molar refractivity (Wildman–Crippen MR) is 189 cm³/mol. The lowest BCUT2D eigenvalue weighted by molar-refractivity contribution is -0.136. The number of anilines is 1. The van der Waals surface area contributed by atoms with Crippen molar-refractivity contribution in [3.63, 3.8) is 0 Å². The van der Waals surface area contributed by atoms with E-state index in [0.29, 0.717) is 31.7 Å². The van der Waals surface area contributed by atoms with Crippen LogP contribution < -0.4 is 21.3 Å². The second kappa shape index (κ2) is 17.2. The molecule has 6 N–H and O–H groups in total. The van der Waals surface area contributed by atoms with Gasteiger partial charge in [0.25, 0.3) is 0 Å². The van der Waals surface area contributed by atoms with Crippen molar-refractivity contribution in [3.8, 4) is 0 Å². The molecule has 4 heterocycles. The topological polar surface area (TPSA) is 199 Å². The summed E-state index contributed by atoms with van der Waals surface area (Å²) < 4.78 is 9.49. The van der Waals surface area contributed by atoms with E-state index < -0.39 is 24.3 Å². The third-order valence-electron chi connectivity index (χ3n) is 10.4. The van der Waals surface area contributed by atoms with Gasteiger partial charge in [-0.2, -0.15) is 0 Å². The molecule has 2 aromatic rings. The first kappa shape index (κ1) is 37.9. The maximum atomic E-state index is 13.5. The van der Waals surface area contributed by atoms with Crippen LogP contribution in [-0.2, 0) is 25.6 Å². The van der Waals surface area contributed by atoms with E-state index in [-0.39, 0.29) is 35.7 Å². The Morgan fingerprint density at radius 2 is 1.24 bits per heavy atom. The number of alkyl carbamates (subject to hydrolysis) is 2. The Kier molecular flexibility index (Phi) is 12.8. The van der Waals surface area contributed by atoms with Gasteiger partial charge in [-0.25, -0.2) is 19.6 Å². The van der Waals surface area contributed by atoms with Crippen LogP contribution in [0.1, 0.15) is 108 Å². The number of nitrogens with zero attached hydrogens (tertiary/aromatic N) is 4. The molecule has 282 valence electrons. The van der Waals surface area contributed by atoms with Crippen LogP contribution in [0, 0.1) is 11.8 Å².